The molecule has 2 amide bonds. The van der Waals surface area contributed by atoms with E-state index in [1.165, 1.54) is 0 Å². The summed E-state index contributed by atoms with van der Waals surface area (Å²) in [6.45, 7) is 1.49. The van der Waals surface area contributed by atoms with Crippen LogP contribution in [0.2, 0.25) is 5.02 Å². The van der Waals surface area contributed by atoms with Crippen LogP contribution in [0.5, 0.6) is 0 Å². The van der Waals surface area contributed by atoms with Crippen LogP contribution in [0.3, 0.4) is 0 Å². The van der Waals surface area contributed by atoms with Crippen LogP contribution in [0.25, 0.3) is 0 Å². The van der Waals surface area contributed by atoms with Crippen molar-refractivity contribution in [3.63, 3.8) is 0 Å². The van der Waals surface area contributed by atoms with Crippen molar-refractivity contribution in [2.45, 2.75) is 19.3 Å². The summed E-state index contributed by atoms with van der Waals surface area (Å²) in [6.07, 6.45) is 1.71. The first kappa shape index (κ1) is 17.1. The fourth-order valence-corrected chi connectivity index (χ4v) is 3.12. The average molecular weight is 390 g/mol. The fraction of sp³-hybridized carbons (Fsp3) is 0.467. The third-order valence-electron chi connectivity index (χ3n) is 3.81. The van der Waals surface area contributed by atoms with Gasteiger partial charge in [-0.15, -0.1) is 0 Å². The van der Waals surface area contributed by atoms with Gasteiger partial charge in [0, 0.05) is 29.1 Å². The highest BCUT2D eigenvalue weighted by molar-refractivity contribution is 9.10. The van der Waals surface area contributed by atoms with E-state index in [0.29, 0.717) is 43.9 Å². The van der Waals surface area contributed by atoms with Crippen molar-refractivity contribution >= 4 is 39.5 Å². The molecule has 0 spiro atoms. The number of benzene rings is 1. The first-order valence-corrected chi connectivity index (χ1v) is 8.34. The molecule has 5 nitrogen and oxygen atoms in total. The van der Waals surface area contributed by atoms with E-state index in [1.807, 2.05) is 12.1 Å². The molecule has 1 fully saturated rings. The molecule has 1 aliphatic heterocycles. The Morgan fingerprint density at radius 1 is 1.36 bits per heavy atom. The van der Waals surface area contributed by atoms with Gasteiger partial charge >= 0.3 is 12.0 Å². The minimum Gasteiger partial charge on any atom is -0.481 e. The molecule has 1 aromatic rings. The molecular formula is C15H18BrClN2O3. The predicted molar refractivity (Wildman–Crippen MR) is 88.2 cm³/mol. The minimum atomic E-state index is -0.772. The van der Waals surface area contributed by atoms with E-state index in [0.717, 1.165) is 10.0 Å². The number of hydrogen-bond acceptors (Lipinski definition) is 2. The maximum Gasteiger partial charge on any atom is 0.317 e. The highest BCUT2D eigenvalue weighted by Gasteiger charge is 2.26. The zero-order valence-corrected chi connectivity index (χ0v) is 14.4. The number of hydrogen-bond donors (Lipinski definition) is 2. The Kier molecular flexibility index (Phi) is 6.08. The van der Waals surface area contributed by atoms with Crippen LogP contribution in [0.4, 0.5) is 4.79 Å². The van der Waals surface area contributed by atoms with E-state index in [4.69, 9.17) is 16.7 Å². The normalized spacial score (nSPS) is 15.6. The van der Waals surface area contributed by atoms with Crippen molar-refractivity contribution in [1.82, 2.24) is 10.2 Å². The summed E-state index contributed by atoms with van der Waals surface area (Å²) in [4.78, 5) is 24.6. The fourth-order valence-electron chi connectivity index (χ4n) is 2.48. The van der Waals surface area contributed by atoms with Gasteiger partial charge in [0.05, 0.1) is 5.92 Å². The molecule has 0 aliphatic carbocycles. The zero-order valence-electron chi connectivity index (χ0n) is 12.0. The van der Waals surface area contributed by atoms with Gasteiger partial charge < -0.3 is 15.3 Å². The Labute approximate surface area is 142 Å². The standard InChI is InChI=1S/C15H18BrClN2O3/c16-13-2-1-12(17)9-11(13)3-6-18-15(22)19-7-4-10(5-8-19)14(20)21/h1-2,9-10H,3-8H2,(H,18,22)(H,20,21). The van der Waals surface area contributed by atoms with E-state index in [2.05, 4.69) is 21.2 Å². The molecule has 0 unspecified atom stereocenters. The first-order chi connectivity index (χ1) is 10.5. The lowest BCUT2D eigenvalue weighted by molar-refractivity contribution is -0.143. The van der Waals surface area contributed by atoms with E-state index in [1.54, 1.807) is 11.0 Å². The lowest BCUT2D eigenvalue weighted by Gasteiger charge is -2.30. The van der Waals surface area contributed by atoms with Gasteiger partial charge in [-0.2, -0.15) is 0 Å². The smallest absolute Gasteiger partial charge is 0.317 e. The number of carboxylic acids is 1. The number of carbonyl (C=O) groups is 2. The molecule has 2 N–H and O–H groups in total. The van der Waals surface area contributed by atoms with Crippen LogP contribution in [0.15, 0.2) is 22.7 Å². The summed E-state index contributed by atoms with van der Waals surface area (Å²) >= 11 is 9.41. The highest BCUT2D eigenvalue weighted by atomic mass is 79.9. The number of carbonyl (C=O) groups excluding carboxylic acids is 1. The second-order valence-corrected chi connectivity index (χ2v) is 6.61. The minimum absolute atomic E-state index is 0.137. The van der Waals surface area contributed by atoms with Gasteiger partial charge in [0.1, 0.15) is 0 Å². The Morgan fingerprint density at radius 3 is 2.68 bits per heavy atom. The summed E-state index contributed by atoms with van der Waals surface area (Å²) in [5, 5.41) is 12.5. The number of piperidine rings is 1. The van der Waals surface area contributed by atoms with Crippen LogP contribution in [0, 0.1) is 5.92 Å². The van der Waals surface area contributed by atoms with E-state index in [9.17, 15) is 9.59 Å². The summed E-state index contributed by atoms with van der Waals surface area (Å²) in [7, 11) is 0. The highest BCUT2D eigenvalue weighted by Crippen LogP contribution is 2.21. The van der Waals surface area contributed by atoms with Gasteiger partial charge in [0.15, 0.2) is 0 Å². The quantitative estimate of drug-likeness (QED) is 0.831. The number of amides is 2. The first-order valence-electron chi connectivity index (χ1n) is 7.17. The number of halogens is 2. The summed E-state index contributed by atoms with van der Waals surface area (Å²) in [5.74, 6) is -1.10. The topological polar surface area (TPSA) is 69.6 Å². The summed E-state index contributed by atoms with van der Waals surface area (Å²) in [6, 6.07) is 5.43. The maximum absolute atomic E-state index is 12.0. The second kappa shape index (κ2) is 7.83. The number of nitrogens with zero attached hydrogens (tertiary/aromatic N) is 1. The van der Waals surface area contributed by atoms with Crippen LogP contribution in [0.1, 0.15) is 18.4 Å². The van der Waals surface area contributed by atoms with E-state index >= 15 is 0 Å². The Morgan fingerprint density at radius 2 is 2.05 bits per heavy atom. The zero-order chi connectivity index (χ0) is 16.1. The molecule has 7 heteroatoms. The molecule has 1 aromatic carbocycles. The van der Waals surface area contributed by atoms with Crippen molar-refractivity contribution in [3.8, 4) is 0 Å². The van der Waals surface area contributed by atoms with Gasteiger partial charge in [-0.05, 0) is 43.0 Å². The van der Waals surface area contributed by atoms with Gasteiger partial charge in [-0.25, -0.2) is 4.79 Å². The number of nitrogens with one attached hydrogen (secondary N) is 1. The lowest BCUT2D eigenvalue weighted by atomic mass is 9.97. The molecular weight excluding hydrogens is 372 g/mol. The van der Waals surface area contributed by atoms with Gasteiger partial charge in [0.2, 0.25) is 0 Å². The summed E-state index contributed by atoms with van der Waals surface area (Å²) in [5.41, 5.74) is 1.04. The number of aliphatic carboxylic acids is 1. The van der Waals surface area contributed by atoms with Crippen LogP contribution < -0.4 is 5.32 Å². The monoisotopic (exact) mass is 388 g/mol. The number of rotatable bonds is 4. The molecule has 120 valence electrons. The van der Waals surface area contributed by atoms with Gasteiger partial charge in [-0.1, -0.05) is 27.5 Å². The third kappa shape index (κ3) is 4.61. The van der Waals surface area contributed by atoms with E-state index < -0.39 is 5.97 Å². The van der Waals surface area contributed by atoms with Crippen molar-refractivity contribution in [3.05, 3.63) is 33.3 Å². The van der Waals surface area contributed by atoms with Crippen LogP contribution in [-0.4, -0.2) is 41.6 Å². The Hall–Kier alpha value is -1.27. The van der Waals surface area contributed by atoms with Gasteiger partial charge in [0.25, 0.3) is 0 Å². The molecule has 0 radical (unpaired) electrons. The largest absolute Gasteiger partial charge is 0.481 e. The molecule has 0 bridgehead atoms. The van der Waals surface area contributed by atoms with Crippen molar-refractivity contribution in [2.24, 2.45) is 5.92 Å². The molecule has 1 saturated heterocycles. The van der Waals surface area contributed by atoms with E-state index in [-0.39, 0.29) is 11.9 Å². The molecule has 1 aliphatic rings. The van der Waals surface area contributed by atoms with Crippen LogP contribution >= 0.6 is 27.5 Å². The van der Waals surface area contributed by atoms with Crippen molar-refractivity contribution in [2.75, 3.05) is 19.6 Å². The van der Waals surface area contributed by atoms with Crippen molar-refractivity contribution in [1.29, 1.82) is 0 Å². The number of likely N-dealkylation sites (tertiary alicyclic amines) is 1. The maximum atomic E-state index is 12.0. The Balaban J connectivity index is 1.76. The number of carboxylic acid groups (broad SMARTS) is 1. The SMILES string of the molecule is O=C(O)C1CCN(C(=O)NCCc2cc(Cl)ccc2Br)CC1. The predicted octanol–water partition coefficient (Wildman–Crippen LogP) is 3.15. The van der Waals surface area contributed by atoms with Crippen molar-refractivity contribution < 1.29 is 14.7 Å². The average Bonchev–Trinajstić information content (AvgIpc) is 2.50. The molecule has 2 rings (SSSR count). The van der Waals surface area contributed by atoms with Crippen LogP contribution in [-0.2, 0) is 11.2 Å². The third-order valence-corrected chi connectivity index (χ3v) is 4.82. The molecule has 1 heterocycles. The molecule has 0 atom stereocenters. The number of urea groups is 1. The van der Waals surface area contributed by atoms with Gasteiger partial charge in [-0.3, -0.25) is 4.79 Å². The lowest BCUT2D eigenvalue weighted by Crippen LogP contribution is -2.45. The molecule has 0 saturated carbocycles. The summed E-state index contributed by atoms with van der Waals surface area (Å²) < 4.78 is 0.966. The molecule has 22 heavy (non-hydrogen) atoms. The molecule has 0 aromatic heterocycles. The Bertz CT molecular complexity index is 560. The second-order valence-electron chi connectivity index (χ2n) is 5.32.